The molecule has 0 aromatic heterocycles. The van der Waals surface area contributed by atoms with E-state index in [0.717, 1.165) is 31.7 Å². The summed E-state index contributed by atoms with van der Waals surface area (Å²) in [5.74, 6) is 0.413. The molecule has 9 heteroatoms. The first kappa shape index (κ1) is 24.0. The third kappa shape index (κ3) is 5.76. The Morgan fingerprint density at radius 2 is 1.77 bits per heavy atom. The number of hydrogen-bond acceptors (Lipinski definition) is 5. The average molecular weight is 487 g/mol. The molecule has 2 aliphatic rings. The molecule has 0 aliphatic carbocycles. The highest BCUT2D eigenvalue weighted by molar-refractivity contribution is 6.38. The summed E-state index contributed by atoms with van der Waals surface area (Å²) in [4.78, 5) is 16.3. The van der Waals surface area contributed by atoms with Gasteiger partial charge in [0.25, 0.3) is 0 Å². The summed E-state index contributed by atoms with van der Waals surface area (Å²) in [6.45, 7) is 4.28. The maximum Gasteiger partial charge on any atom is 0.224 e. The first-order chi connectivity index (χ1) is 14.5. The summed E-state index contributed by atoms with van der Waals surface area (Å²) in [5, 5.41) is 14.1. The van der Waals surface area contributed by atoms with Crippen LogP contribution in [-0.2, 0) is 11.2 Å². The Morgan fingerprint density at radius 1 is 1.06 bits per heavy atom. The van der Waals surface area contributed by atoms with Crippen LogP contribution in [0.3, 0.4) is 0 Å². The van der Waals surface area contributed by atoms with Crippen LogP contribution < -0.4 is 15.0 Å². The summed E-state index contributed by atoms with van der Waals surface area (Å²) in [5.41, 5.74) is 2.57. The van der Waals surface area contributed by atoms with Crippen molar-refractivity contribution < 1.29 is 14.6 Å². The number of para-hydroxylation sites is 1. The van der Waals surface area contributed by atoms with Gasteiger partial charge in [0, 0.05) is 50.4 Å². The number of amides is 1. The van der Waals surface area contributed by atoms with Gasteiger partial charge in [0.15, 0.2) is 0 Å². The van der Waals surface area contributed by atoms with Crippen molar-refractivity contribution in [2.75, 3.05) is 49.5 Å². The SMILES string of the molecule is Cl.O=C1CCc2c(c(Cl)cc(Cl)c2OCC(O)CN2CCN(c3ccccc3)CC2)N1. The molecule has 1 amide bonds. The zero-order valence-corrected chi connectivity index (χ0v) is 19.3. The number of fused-ring (bicyclic) bond motifs is 1. The van der Waals surface area contributed by atoms with E-state index in [1.165, 1.54) is 5.69 Å². The summed E-state index contributed by atoms with van der Waals surface area (Å²) in [7, 11) is 0. The van der Waals surface area contributed by atoms with Crippen LogP contribution in [0.15, 0.2) is 36.4 Å². The fraction of sp³-hybridized carbons (Fsp3) is 0.409. The van der Waals surface area contributed by atoms with E-state index in [9.17, 15) is 9.90 Å². The highest BCUT2D eigenvalue weighted by Crippen LogP contribution is 2.42. The molecule has 1 saturated heterocycles. The van der Waals surface area contributed by atoms with Crippen molar-refractivity contribution >= 4 is 52.9 Å². The van der Waals surface area contributed by atoms with Gasteiger partial charge in [-0.1, -0.05) is 41.4 Å². The normalized spacial score (nSPS) is 17.4. The largest absolute Gasteiger partial charge is 0.489 e. The molecule has 2 heterocycles. The molecule has 1 fully saturated rings. The molecule has 2 N–H and O–H groups in total. The predicted octanol–water partition coefficient (Wildman–Crippen LogP) is 3.86. The molecule has 0 radical (unpaired) electrons. The van der Waals surface area contributed by atoms with E-state index >= 15 is 0 Å². The van der Waals surface area contributed by atoms with E-state index in [0.29, 0.717) is 40.9 Å². The smallest absolute Gasteiger partial charge is 0.224 e. The maximum atomic E-state index is 11.7. The zero-order chi connectivity index (χ0) is 21.1. The minimum absolute atomic E-state index is 0. The molecule has 0 bridgehead atoms. The van der Waals surface area contributed by atoms with Crippen molar-refractivity contribution in [3.05, 3.63) is 52.0 Å². The van der Waals surface area contributed by atoms with Gasteiger partial charge in [-0.3, -0.25) is 9.69 Å². The third-order valence-corrected chi connectivity index (χ3v) is 6.11. The third-order valence-electron chi connectivity index (χ3n) is 5.53. The van der Waals surface area contributed by atoms with E-state index < -0.39 is 6.10 Å². The number of nitrogens with zero attached hydrogens (tertiary/aromatic N) is 2. The molecule has 0 saturated carbocycles. The van der Waals surface area contributed by atoms with Crippen LogP contribution in [-0.4, -0.2) is 61.3 Å². The minimum Gasteiger partial charge on any atom is -0.489 e. The molecule has 2 aromatic rings. The Morgan fingerprint density at radius 3 is 2.48 bits per heavy atom. The monoisotopic (exact) mass is 485 g/mol. The van der Waals surface area contributed by atoms with Crippen molar-refractivity contribution in [3.63, 3.8) is 0 Å². The molecule has 2 aliphatic heterocycles. The predicted molar refractivity (Wildman–Crippen MR) is 127 cm³/mol. The average Bonchev–Trinajstić information content (AvgIpc) is 2.75. The number of benzene rings is 2. The van der Waals surface area contributed by atoms with Crippen molar-refractivity contribution in [1.82, 2.24) is 4.90 Å². The Kier molecular flexibility index (Phi) is 8.30. The number of piperazine rings is 1. The lowest BCUT2D eigenvalue weighted by Gasteiger charge is -2.36. The molecule has 2 aromatic carbocycles. The molecular weight excluding hydrogens is 461 g/mol. The quantitative estimate of drug-likeness (QED) is 0.649. The lowest BCUT2D eigenvalue weighted by molar-refractivity contribution is -0.116. The van der Waals surface area contributed by atoms with Crippen molar-refractivity contribution in [1.29, 1.82) is 0 Å². The molecule has 31 heavy (non-hydrogen) atoms. The fourth-order valence-electron chi connectivity index (χ4n) is 3.98. The molecule has 168 valence electrons. The van der Waals surface area contributed by atoms with Crippen molar-refractivity contribution in [3.8, 4) is 5.75 Å². The highest BCUT2D eigenvalue weighted by Gasteiger charge is 2.25. The van der Waals surface area contributed by atoms with E-state index in [2.05, 4.69) is 39.4 Å². The molecule has 4 rings (SSSR count). The highest BCUT2D eigenvalue weighted by atomic mass is 35.5. The summed E-state index contributed by atoms with van der Waals surface area (Å²) < 4.78 is 5.89. The molecule has 1 atom stereocenters. The Balaban J connectivity index is 0.00000272. The first-order valence-electron chi connectivity index (χ1n) is 10.1. The number of nitrogens with one attached hydrogen (secondary N) is 1. The number of rotatable bonds is 6. The number of carbonyl (C=O) groups excluding carboxylic acids is 1. The van der Waals surface area contributed by atoms with Crippen LogP contribution in [0.4, 0.5) is 11.4 Å². The Labute approximate surface area is 198 Å². The van der Waals surface area contributed by atoms with Gasteiger partial charge in [0.05, 0.1) is 15.7 Å². The molecular formula is C22H26Cl3N3O3. The molecule has 1 unspecified atom stereocenters. The minimum atomic E-state index is -0.645. The van der Waals surface area contributed by atoms with E-state index in [-0.39, 0.29) is 24.9 Å². The zero-order valence-electron chi connectivity index (χ0n) is 17.0. The van der Waals surface area contributed by atoms with Crippen molar-refractivity contribution in [2.45, 2.75) is 18.9 Å². The second kappa shape index (κ2) is 10.7. The summed E-state index contributed by atoms with van der Waals surface area (Å²) >= 11 is 12.6. The van der Waals surface area contributed by atoms with Gasteiger partial charge in [-0.25, -0.2) is 0 Å². The van der Waals surface area contributed by atoms with Crippen LogP contribution in [0.5, 0.6) is 5.75 Å². The number of aliphatic hydroxyl groups is 1. The number of aliphatic hydroxyl groups excluding tert-OH is 1. The topological polar surface area (TPSA) is 65.0 Å². The first-order valence-corrected chi connectivity index (χ1v) is 10.9. The van der Waals surface area contributed by atoms with Crippen LogP contribution in [0.2, 0.25) is 10.0 Å². The fourth-order valence-corrected chi connectivity index (χ4v) is 4.58. The number of hydrogen-bond donors (Lipinski definition) is 2. The second-order valence-electron chi connectivity index (χ2n) is 7.66. The maximum absolute atomic E-state index is 11.7. The Bertz CT molecular complexity index is 906. The van der Waals surface area contributed by atoms with Gasteiger partial charge >= 0.3 is 0 Å². The number of anilines is 2. The van der Waals surface area contributed by atoms with Crippen LogP contribution in [0.25, 0.3) is 0 Å². The van der Waals surface area contributed by atoms with Crippen LogP contribution in [0.1, 0.15) is 12.0 Å². The Hall–Kier alpha value is -1.70. The lowest BCUT2D eigenvalue weighted by atomic mass is 10.0. The van der Waals surface area contributed by atoms with Gasteiger partial charge < -0.3 is 20.1 Å². The summed E-state index contributed by atoms with van der Waals surface area (Å²) in [6, 6.07) is 11.9. The van der Waals surface area contributed by atoms with Gasteiger partial charge in [-0.2, -0.15) is 0 Å². The number of ether oxygens (including phenoxy) is 1. The van der Waals surface area contributed by atoms with Gasteiger partial charge in [0.2, 0.25) is 5.91 Å². The lowest BCUT2D eigenvalue weighted by Crippen LogP contribution is -2.49. The van der Waals surface area contributed by atoms with E-state index in [1.54, 1.807) is 6.07 Å². The number of β-amino-alcohol motifs (C(OH)–C–C–N with tert-alkyl or cyclic N) is 1. The van der Waals surface area contributed by atoms with Gasteiger partial charge in [-0.05, 0) is 24.6 Å². The molecule has 6 nitrogen and oxygen atoms in total. The van der Waals surface area contributed by atoms with Crippen LogP contribution >= 0.6 is 35.6 Å². The van der Waals surface area contributed by atoms with E-state index in [1.807, 2.05) is 6.07 Å². The second-order valence-corrected chi connectivity index (χ2v) is 8.47. The van der Waals surface area contributed by atoms with E-state index in [4.69, 9.17) is 27.9 Å². The van der Waals surface area contributed by atoms with Crippen LogP contribution in [0, 0.1) is 0 Å². The summed E-state index contributed by atoms with van der Waals surface area (Å²) in [6.07, 6.45) is 0.219. The standard InChI is InChI=1S/C22H25Cl2N3O3.ClH/c23-18-12-19(24)22(17-6-7-20(29)25-21(17)18)30-14-16(28)13-26-8-10-27(11-9-26)15-4-2-1-3-5-15;/h1-5,12,16,28H,6-11,13-14H2,(H,25,29);1H. The number of halogens is 3. The molecule has 0 spiro atoms. The van der Waals surface area contributed by atoms with Gasteiger partial charge in [-0.15, -0.1) is 12.4 Å². The van der Waals surface area contributed by atoms with Crippen molar-refractivity contribution in [2.24, 2.45) is 0 Å². The number of carbonyl (C=O) groups is 1. The van der Waals surface area contributed by atoms with Gasteiger partial charge in [0.1, 0.15) is 18.5 Å².